The summed E-state index contributed by atoms with van der Waals surface area (Å²) >= 11 is 0. The molecule has 0 radical (unpaired) electrons. The van der Waals surface area contributed by atoms with Crippen LogP contribution in [-0.2, 0) is 9.53 Å². The van der Waals surface area contributed by atoms with Crippen LogP contribution in [0.4, 0.5) is 0 Å². The zero-order valence-electron chi connectivity index (χ0n) is 9.34. The van der Waals surface area contributed by atoms with E-state index in [1.54, 1.807) is 0 Å². The van der Waals surface area contributed by atoms with Crippen molar-refractivity contribution < 1.29 is 9.53 Å². The molecule has 0 spiro atoms. The highest BCUT2D eigenvalue weighted by Gasteiger charge is 2.35. The summed E-state index contributed by atoms with van der Waals surface area (Å²) in [5.41, 5.74) is 5.76. The fourth-order valence-electron chi connectivity index (χ4n) is 2.53. The average molecular weight is 211 g/mol. The van der Waals surface area contributed by atoms with E-state index in [-0.39, 0.29) is 11.5 Å². The number of nitrogens with two attached hydrogens (primary N) is 1. The molecule has 0 amide bonds. The third kappa shape index (κ3) is 2.94. The van der Waals surface area contributed by atoms with Crippen molar-refractivity contribution in [3.8, 4) is 0 Å². The van der Waals surface area contributed by atoms with Crippen LogP contribution >= 0.6 is 0 Å². The highest BCUT2D eigenvalue weighted by Crippen LogP contribution is 2.32. The van der Waals surface area contributed by atoms with Gasteiger partial charge in [-0.05, 0) is 38.0 Å². The van der Waals surface area contributed by atoms with Gasteiger partial charge in [0.1, 0.15) is 0 Å². The first-order valence-electron chi connectivity index (χ1n) is 6.12. The van der Waals surface area contributed by atoms with Crippen LogP contribution in [0.5, 0.6) is 0 Å². The van der Waals surface area contributed by atoms with E-state index in [9.17, 15) is 4.79 Å². The Hall–Kier alpha value is -0.570. The number of hydrogen-bond donors (Lipinski definition) is 1. The Bertz CT molecular complexity index is 230. The van der Waals surface area contributed by atoms with Crippen molar-refractivity contribution in [3.05, 3.63) is 0 Å². The summed E-state index contributed by atoms with van der Waals surface area (Å²) in [6, 6.07) is 0. The third-order valence-corrected chi connectivity index (χ3v) is 3.80. The maximum absolute atomic E-state index is 11.5. The molecule has 2 fully saturated rings. The minimum Gasteiger partial charge on any atom is -0.465 e. The minimum absolute atomic E-state index is 0.0934. The van der Waals surface area contributed by atoms with Crippen molar-refractivity contribution in [3.63, 3.8) is 0 Å². The molecule has 0 aromatic heterocycles. The quantitative estimate of drug-likeness (QED) is 0.723. The molecule has 2 saturated carbocycles. The van der Waals surface area contributed by atoms with E-state index < -0.39 is 0 Å². The average Bonchev–Trinajstić information content (AvgIpc) is 2.64. The van der Waals surface area contributed by atoms with Gasteiger partial charge < -0.3 is 10.5 Å². The van der Waals surface area contributed by atoms with E-state index in [0.29, 0.717) is 18.9 Å². The zero-order valence-corrected chi connectivity index (χ0v) is 9.34. The summed E-state index contributed by atoms with van der Waals surface area (Å²) in [6.45, 7) is 0.620. The monoisotopic (exact) mass is 211 g/mol. The van der Waals surface area contributed by atoms with Crippen molar-refractivity contribution in [2.24, 2.45) is 11.7 Å². The third-order valence-electron chi connectivity index (χ3n) is 3.80. The van der Waals surface area contributed by atoms with Gasteiger partial charge in [-0.3, -0.25) is 4.79 Å². The molecule has 0 aromatic rings. The molecule has 2 aliphatic carbocycles. The molecular formula is C12H21NO2. The number of rotatable bonds is 4. The number of carbonyl (C=O) groups excluding carboxylic acids is 1. The van der Waals surface area contributed by atoms with Crippen molar-refractivity contribution in [1.29, 1.82) is 0 Å². The first-order chi connectivity index (χ1) is 7.18. The Labute approximate surface area is 91.4 Å². The van der Waals surface area contributed by atoms with E-state index in [0.717, 1.165) is 19.3 Å². The molecule has 0 unspecified atom stereocenters. The maximum atomic E-state index is 11.5. The number of ether oxygens (including phenoxy) is 1. The Morgan fingerprint density at radius 1 is 1.27 bits per heavy atom. The van der Waals surface area contributed by atoms with Crippen LogP contribution in [0.2, 0.25) is 0 Å². The normalized spacial score (nSPS) is 24.9. The van der Waals surface area contributed by atoms with Gasteiger partial charge in [0.15, 0.2) is 0 Å². The Balaban J connectivity index is 1.63. The predicted octanol–water partition coefficient (Wildman–Crippen LogP) is 1.99. The van der Waals surface area contributed by atoms with E-state index in [1.807, 2.05) is 0 Å². The highest BCUT2D eigenvalue weighted by atomic mass is 16.5. The topological polar surface area (TPSA) is 52.3 Å². The number of carbonyl (C=O) groups is 1. The molecular weight excluding hydrogens is 190 g/mol. The largest absolute Gasteiger partial charge is 0.465 e. The summed E-state index contributed by atoms with van der Waals surface area (Å²) in [4.78, 5) is 11.5. The second kappa shape index (κ2) is 4.52. The maximum Gasteiger partial charge on any atom is 0.307 e. The number of esters is 1. The molecule has 15 heavy (non-hydrogen) atoms. The standard InChI is InChI=1S/C12H21NO2/c13-12(6-3-7-12)8-11(14)15-9-10-4-1-2-5-10/h10H,1-9,13H2. The lowest BCUT2D eigenvalue weighted by atomic mass is 9.75. The predicted molar refractivity (Wildman–Crippen MR) is 58.3 cm³/mol. The van der Waals surface area contributed by atoms with Crippen LogP contribution in [0.15, 0.2) is 0 Å². The SMILES string of the molecule is NC1(CC(=O)OCC2CCCC2)CCC1. The van der Waals surface area contributed by atoms with Gasteiger partial charge in [0.05, 0.1) is 13.0 Å². The van der Waals surface area contributed by atoms with E-state index in [4.69, 9.17) is 10.5 Å². The van der Waals surface area contributed by atoms with Gasteiger partial charge in [0.25, 0.3) is 0 Å². The van der Waals surface area contributed by atoms with Gasteiger partial charge in [-0.2, -0.15) is 0 Å². The molecule has 3 nitrogen and oxygen atoms in total. The van der Waals surface area contributed by atoms with Crippen molar-refractivity contribution in [1.82, 2.24) is 0 Å². The van der Waals surface area contributed by atoms with Crippen molar-refractivity contribution >= 4 is 5.97 Å². The van der Waals surface area contributed by atoms with Gasteiger partial charge in [0.2, 0.25) is 0 Å². The highest BCUT2D eigenvalue weighted by molar-refractivity contribution is 5.71. The van der Waals surface area contributed by atoms with Crippen LogP contribution in [0.1, 0.15) is 51.4 Å². The first kappa shape index (κ1) is 10.9. The van der Waals surface area contributed by atoms with Gasteiger partial charge >= 0.3 is 5.97 Å². The van der Waals surface area contributed by atoms with Gasteiger partial charge in [-0.1, -0.05) is 12.8 Å². The zero-order chi connectivity index (χ0) is 10.7. The second-order valence-corrected chi connectivity index (χ2v) is 5.23. The molecule has 0 aliphatic heterocycles. The summed E-state index contributed by atoms with van der Waals surface area (Å²) < 4.78 is 5.28. The fraction of sp³-hybridized carbons (Fsp3) is 0.917. The smallest absolute Gasteiger partial charge is 0.307 e. The van der Waals surface area contributed by atoms with Crippen LogP contribution in [0.3, 0.4) is 0 Å². The van der Waals surface area contributed by atoms with Crippen LogP contribution < -0.4 is 5.73 Å². The summed E-state index contributed by atoms with van der Waals surface area (Å²) in [5, 5.41) is 0. The van der Waals surface area contributed by atoms with E-state index in [2.05, 4.69) is 0 Å². The lowest BCUT2D eigenvalue weighted by Gasteiger charge is -2.37. The van der Waals surface area contributed by atoms with Crippen molar-refractivity contribution in [2.45, 2.75) is 56.9 Å². The molecule has 2 N–H and O–H groups in total. The Morgan fingerprint density at radius 3 is 2.47 bits per heavy atom. The summed E-state index contributed by atoms with van der Waals surface area (Å²) in [6.07, 6.45) is 8.57. The lowest BCUT2D eigenvalue weighted by molar-refractivity contribution is -0.147. The summed E-state index contributed by atoms with van der Waals surface area (Å²) in [5.74, 6) is 0.521. The van der Waals surface area contributed by atoms with Crippen LogP contribution in [0, 0.1) is 5.92 Å². The molecule has 3 heteroatoms. The Morgan fingerprint density at radius 2 is 1.93 bits per heavy atom. The van der Waals surface area contributed by atoms with E-state index in [1.165, 1.54) is 25.7 Å². The molecule has 0 bridgehead atoms. The number of hydrogen-bond acceptors (Lipinski definition) is 3. The first-order valence-corrected chi connectivity index (χ1v) is 6.12. The molecule has 0 heterocycles. The molecule has 0 saturated heterocycles. The van der Waals surface area contributed by atoms with Gasteiger partial charge in [-0.15, -0.1) is 0 Å². The second-order valence-electron chi connectivity index (χ2n) is 5.23. The van der Waals surface area contributed by atoms with Crippen molar-refractivity contribution in [2.75, 3.05) is 6.61 Å². The molecule has 2 aliphatic rings. The Kier molecular flexibility index (Phi) is 3.29. The lowest BCUT2D eigenvalue weighted by Crippen LogP contribution is -2.48. The molecule has 0 aromatic carbocycles. The van der Waals surface area contributed by atoms with Gasteiger partial charge in [0, 0.05) is 5.54 Å². The minimum atomic E-state index is -0.229. The van der Waals surface area contributed by atoms with Crippen LogP contribution in [-0.4, -0.2) is 18.1 Å². The molecule has 2 rings (SSSR count). The molecule has 86 valence electrons. The van der Waals surface area contributed by atoms with Gasteiger partial charge in [-0.25, -0.2) is 0 Å². The molecule has 0 atom stereocenters. The summed E-state index contributed by atoms with van der Waals surface area (Å²) in [7, 11) is 0. The fourth-order valence-corrected chi connectivity index (χ4v) is 2.53. The van der Waals surface area contributed by atoms with Crippen LogP contribution in [0.25, 0.3) is 0 Å². The van der Waals surface area contributed by atoms with E-state index >= 15 is 0 Å².